The fraction of sp³-hybridized carbons (Fsp3) is 0.250. The van der Waals surface area contributed by atoms with Gasteiger partial charge in [-0.15, -0.1) is 0 Å². The van der Waals surface area contributed by atoms with Crippen LogP contribution < -0.4 is 10.5 Å². The molecule has 0 atom stereocenters. The molecule has 0 radical (unpaired) electrons. The van der Waals surface area contributed by atoms with Crippen LogP contribution >= 0.6 is 12.2 Å². The van der Waals surface area contributed by atoms with Crippen LogP contribution in [0.15, 0.2) is 18.3 Å². The van der Waals surface area contributed by atoms with Crippen molar-refractivity contribution in [2.75, 3.05) is 6.61 Å². The Kier molecular flexibility index (Phi) is 2.99. The molecule has 4 heteroatoms. The monoisotopic (exact) mass is 182 g/mol. The molecule has 0 unspecified atom stereocenters. The Hall–Kier alpha value is -1.16. The van der Waals surface area contributed by atoms with Gasteiger partial charge in [0.25, 0.3) is 0 Å². The third-order valence-electron chi connectivity index (χ3n) is 1.30. The lowest BCUT2D eigenvalue weighted by Crippen LogP contribution is -2.13. The van der Waals surface area contributed by atoms with Crippen molar-refractivity contribution in [3.05, 3.63) is 24.0 Å². The van der Waals surface area contributed by atoms with E-state index >= 15 is 0 Å². The number of nitrogens with zero attached hydrogens (tertiary/aromatic N) is 1. The molecule has 1 aromatic heterocycles. The van der Waals surface area contributed by atoms with Gasteiger partial charge in [-0.3, -0.25) is 0 Å². The second kappa shape index (κ2) is 4.01. The van der Waals surface area contributed by atoms with Crippen LogP contribution in [0.1, 0.15) is 12.6 Å². The smallest absolute Gasteiger partial charge is 0.147 e. The largest absolute Gasteiger partial charge is 0.491 e. The minimum absolute atomic E-state index is 0.263. The maximum absolute atomic E-state index is 5.43. The molecule has 2 N–H and O–H groups in total. The molecule has 0 bridgehead atoms. The van der Waals surface area contributed by atoms with Crippen molar-refractivity contribution in [3.63, 3.8) is 0 Å². The summed E-state index contributed by atoms with van der Waals surface area (Å²) >= 11 is 4.80. The third-order valence-corrected chi connectivity index (χ3v) is 1.50. The van der Waals surface area contributed by atoms with Crippen molar-refractivity contribution in [3.8, 4) is 5.75 Å². The van der Waals surface area contributed by atoms with Crippen LogP contribution in [0.2, 0.25) is 0 Å². The molecule has 0 amide bonds. The number of hydrogen-bond acceptors (Lipinski definition) is 3. The van der Waals surface area contributed by atoms with E-state index in [-0.39, 0.29) is 4.99 Å². The van der Waals surface area contributed by atoms with Gasteiger partial charge in [-0.05, 0) is 19.1 Å². The lowest BCUT2D eigenvalue weighted by atomic mass is 10.3. The fourth-order valence-electron chi connectivity index (χ4n) is 0.848. The number of rotatable bonds is 3. The van der Waals surface area contributed by atoms with E-state index in [9.17, 15) is 0 Å². The van der Waals surface area contributed by atoms with Gasteiger partial charge in [-0.2, -0.15) is 0 Å². The van der Waals surface area contributed by atoms with E-state index in [1.54, 1.807) is 18.3 Å². The van der Waals surface area contributed by atoms with E-state index in [2.05, 4.69) is 4.98 Å². The summed E-state index contributed by atoms with van der Waals surface area (Å²) in [5.41, 5.74) is 5.98. The zero-order valence-corrected chi connectivity index (χ0v) is 7.60. The van der Waals surface area contributed by atoms with Crippen molar-refractivity contribution in [1.29, 1.82) is 0 Å². The fourth-order valence-corrected chi connectivity index (χ4v) is 1.00. The zero-order valence-electron chi connectivity index (χ0n) is 6.78. The summed E-state index contributed by atoms with van der Waals surface area (Å²) in [6, 6.07) is 3.58. The van der Waals surface area contributed by atoms with Gasteiger partial charge in [0.2, 0.25) is 0 Å². The first-order valence-corrected chi connectivity index (χ1v) is 4.04. The molecule has 1 aromatic rings. The van der Waals surface area contributed by atoms with E-state index in [0.717, 1.165) is 0 Å². The molecule has 0 saturated heterocycles. The first-order chi connectivity index (χ1) is 5.75. The van der Waals surface area contributed by atoms with Gasteiger partial charge in [0.1, 0.15) is 16.4 Å². The molecule has 12 heavy (non-hydrogen) atoms. The van der Waals surface area contributed by atoms with Crippen LogP contribution in [0.3, 0.4) is 0 Å². The summed E-state index contributed by atoms with van der Waals surface area (Å²) < 4.78 is 5.27. The average molecular weight is 182 g/mol. The summed E-state index contributed by atoms with van der Waals surface area (Å²) in [4.78, 5) is 4.27. The van der Waals surface area contributed by atoms with Crippen molar-refractivity contribution in [2.45, 2.75) is 6.92 Å². The van der Waals surface area contributed by atoms with E-state index in [0.29, 0.717) is 18.1 Å². The van der Waals surface area contributed by atoms with E-state index in [4.69, 9.17) is 22.7 Å². The Labute approximate surface area is 76.6 Å². The van der Waals surface area contributed by atoms with Crippen molar-refractivity contribution < 1.29 is 4.74 Å². The topological polar surface area (TPSA) is 48.1 Å². The Morgan fingerprint density at radius 2 is 2.50 bits per heavy atom. The molecule has 0 aliphatic heterocycles. The Morgan fingerprint density at radius 3 is 3.08 bits per heavy atom. The predicted molar refractivity (Wildman–Crippen MR) is 51.3 cm³/mol. The Bertz CT molecular complexity index is 288. The molecular formula is C8H10N2OS. The first kappa shape index (κ1) is 8.93. The summed E-state index contributed by atoms with van der Waals surface area (Å²) in [6.07, 6.45) is 1.64. The van der Waals surface area contributed by atoms with Gasteiger partial charge < -0.3 is 10.5 Å². The Morgan fingerprint density at radius 1 is 1.75 bits per heavy atom. The minimum Gasteiger partial charge on any atom is -0.491 e. The zero-order chi connectivity index (χ0) is 8.97. The molecule has 0 saturated carbocycles. The maximum atomic E-state index is 5.43. The highest BCUT2D eigenvalue weighted by molar-refractivity contribution is 7.80. The molecule has 0 spiro atoms. The molecule has 0 fully saturated rings. The normalized spacial score (nSPS) is 9.42. The number of nitrogens with two attached hydrogens (primary N) is 1. The van der Waals surface area contributed by atoms with Crippen molar-refractivity contribution >= 4 is 17.2 Å². The molecule has 0 aromatic carbocycles. The van der Waals surface area contributed by atoms with Gasteiger partial charge in [0, 0.05) is 6.20 Å². The number of hydrogen-bond donors (Lipinski definition) is 1. The van der Waals surface area contributed by atoms with Gasteiger partial charge in [0.15, 0.2) is 0 Å². The van der Waals surface area contributed by atoms with Crippen LogP contribution in [0, 0.1) is 0 Å². The maximum Gasteiger partial charge on any atom is 0.147 e. The summed E-state index contributed by atoms with van der Waals surface area (Å²) in [5, 5.41) is 0. The number of pyridine rings is 1. The van der Waals surface area contributed by atoms with Crippen LogP contribution in [-0.4, -0.2) is 16.6 Å². The molecule has 1 rings (SSSR count). The highest BCUT2D eigenvalue weighted by Gasteiger charge is 2.05. The highest BCUT2D eigenvalue weighted by Crippen LogP contribution is 2.14. The average Bonchev–Trinajstić information content (AvgIpc) is 2.05. The molecule has 3 nitrogen and oxygen atoms in total. The van der Waals surface area contributed by atoms with Crippen LogP contribution in [0.4, 0.5) is 0 Å². The third kappa shape index (κ3) is 1.92. The second-order valence-corrected chi connectivity index (χ2v) is 2.59. The van der Waals surface area contributed by atoms with E-state index in [1.165, 1.54) is 0 Å². The minimum atomic E-state index is 0.263. The molecular weight excluding hydrogens is 172 g/mol. The number of ether oxygens (including phenoxy) is 1. The first-order valence-electron chi connectivity index (χ1n) is 3.63. The standard InChI is InChI=1S/C8H10N2OS/c1-2-11-6-4-3-5-10-7(6)8(9)12/h3-5H,2H2,1H3,(H2,9,12). The quantitative estimate of drug-likeness (QED) is 0.711. The van der Waals surface area contributed by atoms with Crippen molar-refractivity contribution in [1.82, 2.24) is 4.98 Å². The van der Waals surface area contributed by atoms with Crippen LogP contribution in [0.5, 0.6) is 5.75 Å². The number of thiocarbonyl (C=S) groups is 1. The molecule has 0 aliphatic carbocycles. The second-order valence-electron chi connectivity index (χ2n) is 2.15. The SMILES string of the molecule is CCOc1cccnc1C(N)=S. The van der Waals surface area contributed by atoms with Gasteiger partial charge in [-0.25, -0.2) is 4.98 Å². The van der Waals surface area contributed by atoms with Gasteiger partial charge in [0.05, 0.1) is 6.61 Å². The van der Waals surface area contributed by atoms with Crippen LogP contribution in [0.25, 0.3) is 0 Å². The van der Waals surface area contributed by atoms with Gasteiger partial charge >= 0.3 is 0 Å². The van der Waals surface area contributed by atoms with Gasteiger partial charge in [-0.1, -0.05) is 12.2 Å². The number of aromatic nitrogens is 1. The summed E-state index contributed by atoms with van der Waals surface area (Å²) in [7, 11) is 0. The van der Waals surface area contributed by atoms with E-state index < -0.39 is 0 Å². The lowest BCUT2D eigenvalue weighted by Gasteiger charge is -2.06. The van der Waals surface area contributed by atoms with Crippen molar-refractivity contribution in [2.24, 2.45) is 5.73 Å². The van der Waals surface area contributed by atoms with E-state index in [1.807, 2.05) is 6.92 Å². The predicted octanol–water partition coefficient (Wildman–Crippen LogP) is 1.11. The highest BCUT2D eigenvalue weighted by atomic mass is 32.1. The Balaban J connectivity index is 3.00. The summed E-state index contributed by atoms with van der Waals surface area (Å²) in [5.74, 6) is 0.646. The molecule has 64 valence electrons. The molecule has 1 heterocycles. The van der Waals surface area contributed by atoms with Crippen LogP contribution in [-0.2, 0) is 0 Å². The summed E-state index contributed by atoms with van der Waals surface area (Å²) in [6.45, 7) is 2.48. The molecule has 0 aliphatic rings. The lowest BCUT2D eigenvalue weighted by molar-refractivity contribution is 0.338.